The van der Waals surface area contributed by atoms with Gasteiger partial charge in [-0.2, -0.15) is 0 Å². The third-order valence-electron chi connectivity index (χ3n) is 4.76. The maximum atomic E-state index is 13.2. The van der Waals surface area contributed by atoms with E-state index in [0.717, 1.165) is 34.0 Å². The molecule has 6 heteroatoms. The molecule has 0 radical (unpaired) electrons. The molecule has 2 heterocycles. The molecule has 140 valence electrons. The lowest BCUT2D eigenvalue weighted by Gasteiger charge is -2.10. The molecule has 0 fully saturated rings. The van der Waals surface area contributed by atoms with Gasteiger partial charge in [-0.05, 0) is 70.5 Å². The summed E-state index contributed by atoms with van der Waals surface area (Å²) in [4.78, 5) is 21.7. The van der Waals surface area contributed by atoms with Gasteiger partial charge in [0, 0.05) is 34.0 Å². The normalized spacial score (nSPS) is 11.0. The molecule has 0 aliphatic heterocycles. The summed E-state index contributed by atoms with van der Waals surface area (Å²) in [6, 6.07) is 8.15. The van der Waals surface area contributed by atoms with Crippen molar-refractivity contribution >= 4 is 17.5 Å². The van der Waals surface area contributed by atoms with Crippen LogP contribution in [-0.2, 0) is 0 Å². The topological polar surface area (TPSA) is 47.8 Å². The molecule has 4 nitrogen and oxygen atoms in total. The molecule has 0 N–H and O–H groups in total. The standard InChI is InChI=1S/C21H22FN3OS/c1-12-10-19(16(5)25(12)18-8-6-17(22)7-9-18)20(26)11-27-21-23-14(3)13(2)15(4)24-21/h6-10H,11H2,1-5H3. The number of carbonyl (C=O) groups excluding carboxylic acids is 1. The van der Waals surface area contributed by atoms with Crippen LogP contribution in [0.1, 0.15) is 38.7 Å². The van der Waals surface area contributed by atoms with E-state index in [0.29, 0.717) is 10.7 Å². The number of halogens is 1. The zero-order chi connectivity index (χ0) is 19.7. The van der Waals surface area contributed by atoms with Crippen molar-refractivity contribution < 1.29 is 9.18 Å². The molecule has 0 amide bonds. The average molecular weight is 383 g/mol. The monoisotopic (exact) mass is 383 g/mol. The highest BCUT2D eigenvalue weighted by molar-refractivity contribution is 7.99. The quantitative estimate of drug-likeness (QED) is 0.356. The molecular weight excluding hydrogens is 361 g/mol. The number of carbonyl (C=O) groups is 1. The number of hydrogen-bond donors (Lipinski definition) is 0. The highest BCUT2D eigenvalue weighted by Crippen LogP contribution is 2.24. The number of benzene rings is 1. The fourth-order valence-corrected chi connectivity index (χ4v) is 3.87. The summed E-state index contributed by atoms with van der Waals surface area (Å²) in [5.74, 6) is 0.0221. The van der Waals surface area contributed by atoms with Gasteiger partial charge in [0.05, 0.1) is 5.75 Å². The number of aromatic nitrogens is 3. The van der Waals surface area contributed by atoms with Crippen LogP contribution in [0.25, 0.3) is 5.69 Å². The fraction of sp³-hybridized carbons (Fsp3) is 0.286. The van der Waals surface area contributed by atoms with Crippen LogP contribution < -0.4 is 0 Å². The Morgan fingerprint density at radius 2 is 1.63 bits per heavy atom. The summed E-state index contributed by atoms with van der Waals surface area (Å²) in [6.07, 6.45) is 0. The van der Waals surface area contributed by atoms with Gasteiger partial charge in [-0.1, -0.05) is 11.8 Å². The lowest BCUT2D eigenvalue weighted by molar-refractivity contribution is 0.102. The van der Waals surface area contributed by atoms with Crippen LogP contribution in [0, 0.1) is 40.4 Å². The number of thioether (sulfide) groups is 1. The van der Waals surface area contributed by atoms with Crippen LogP contribution in [0.4, 0.5) is 4.39 Å². The van der Waals surface area contributed by atoms with Crippen LogP contribution in [0.2, 0.25) is 0 Å². The molecule has 0 unspecified atom stereocenters. The summed E-state index contributed by atoms with van der Waals surface area (Å²) in [5.41, 5.74) is 6.25. The van der Waals surface area contributed by atoms with E-state index in [-0.39, 0.29) is 17.4 Å². The van der Waals surface area contributed by atoms with Gasteiger partial charge in [0.1, 0.15) is 5.82 Å². The zero-order valence-electron chi connectivity index (χ0n) is 16.1. The van der Waals surface area contributed by atoms with Gasteiger partial charge in [0.25, 0.3) is 0 Å². The molecule has 0 atom stereocenters. The number of rotatable bonds is 5. The van der Waals surface area contributed by atoms with Gasteiger partial charge in [0.2, 0.25) is 0 Å². The maximum absolute atomic E-state index is 13.2. The minimum Gasteiger partial charge on any atom is -0.318 e. The molecule has 0 aliphatic rings. The molecule has 0 saturated carbocycles. The SMILES string of the molecule is Cc1nc(SCC(=O)c2cc(C)n(-c3ccc(F)cc3)c2C)nc(C)c1C. The van der Waals surface area contributed by atoms with Gasteiger partial charge in [-0.25, -0.2) is 14.4 Å². The molecule has 27 heavy (non-hydrogen) atoms. The lowest BCUT2D eigenvalue weighted by atomic mass is 10.2. The second kappa shape index (κ2) is 7.64. The first-order chi connectivity index (χ1) is 12.8. The minimum atomic E-state index is -0.280. The van der Waals surface area contributed by atoms with Gasteiger partial charge in [-0.3, -0.25) is 4.79 Å². The van der Waals surface area contributed by atoms with E-state index in [1.165, 1.54) is 23.9 Å². The van der Waals surface area contributed by atoms with Crippen molar-refractivity contribution in [2.45, 2.75) is 39.8 Å². The Balaban J connectivity index is 1.82. The second-order valence-electron chi connectivity index (χ2n) is 6.61. The predicted octanol–water partition coefficient (Wildman–Crippen LogP) is 4.92. The van der Waals surface area contributed by atoms with Crippen molar-refractivity contribution in [1.82, 2.24) is 14.5 Å². The van der Waals surface area contributed by atoms with E-state index in [2.05, 4.69) is 9.97 Å². The minimum absolute atomic E-state index is 0.0287. The van der Waals surface area contributed by atoms with Gasteiger partial charge < -0.3 is 4.57 Å². The molecule has 3 rings (SSSR count). The van der Waals surface area contributed by atoms with Gasteiger partial charge >= 0.3 is 0 Å². The van der Waals surface area contributed by atoms with Crippen molar-refractivity contribution in [3.63, 3.8) is 0 Å². The number of ketones is 1. The first kappa shape index (κ1) is 19.3. The van der Waals surface area contributed by atoms with Gasteiger partial charge in [0.15, 0.2) is 10.9 Å². The van der Waals surface area contributed by atoms with Crippen molar-refractivity contribution in [3.05, 3.63) is 70.1 Å². The van der Waals surface area contributed by atoms with E-state index in [1.807, 2.05) is 45.3 Å². The third kappa shape index (κ3) is 3.95. The van der Waals surface area contributed by atoms with Crippen LogP contribution in [0.3, 0.4) is 0 Å². The first-order valence-corrected chi connectivity index (χ1v) is 9.69. The molecule has 3 aromatic rings. The number of Topliss-reactive ketones (excluding diaryl/α,β-unsaturated/α-hetero) is 1. The van der Waals surface area contributed by atoms with E-state index in [9.17, 15) is 9.18 Å². The number of aryl methyl sites for hydroxylation is 3. The average Bonchev–Trinajstić information content (AvgIpc) is 2.93. The Morgan fingerprint density at radius 1 is 1.04 bits per heavy atom. The Bertz CT molecular complexity index is 986. The van der Waals surface area contributed by atoms with E-state index in [1.54, 1.807) is 12.1 Å². The summed E-state index contributed by atoms with van der Waals surface area (Å²) >= 11 is 1.35. The molecule has 0 bridgehead atoms. The molecule has 1 aromatic carbocycles. The highest BCUT2D eigenvalue weighted by atomic mass is 32.2. The highest BCUT2D eigenvalue weighted by Gasteiger charge is 2.18. The Kier molecular flexibility index (Phi) is 5.46. The van der Waals surface area contributed by atoms with E-state index < -0.39 is 0 Å². The first-order valence-electron chi connectivity index (χ1n) is 8.70. The van der Waals surface area contributed by atoms with Crippen molar-refractivity contribution in [3.8, 4) is 5.69 Å². The zero-order valence-corrected chi connectivity index (χ0v) is 16.9. The Morgan fingerprint density at radius 3 is 2.22 bits per heavy atom. The largest absolute Gasteiger partial charge is 0.318 e. The Hall–Kier alpha value is -2.47. The summed E-state index contributed by atoms with van der Waals surface area (Å²) in [7, 11) is 0. The maximum Gasteiger partial charge on any atom is 0.188 e. The molecule has 0 spiro atoms. The molecule has 0 aliphatic carbocycles. The van der Waals surface area contributed by atoms with E-state index >= 15 is 0 Å². The van der Waals surface area contributed by atoms with Crippen molar-refractivity contribution in [2.75, 3.05) is 5.75 Å². The summed E-state index contributed by atoms with van der Waals surface area (Å²) in [5, 5.41) is 0.622. The molecular formula is C21H22FN3OS. The summed E-state index contributed by atoms with van der Waals surface area (Å²) in [6.45, 7) is 9.74. The fourth-order valence-electron chi connectivity index (χ4n) is 3.05. The molecule has 2 aromatic heterocycles. The lowest BCUT2D eigenvalue weighted by Crippen LogP contribution is -2.07. The van der Waals surface area contributed by atoms with Crippen LogP contribution >= 0.6 is 11.8 Å². The van der Waals surface area contributed by atoms with Gasteiger partial charge in [-0.15, -0.1) is 0 Å². The number of nitrogens with zero attached hydrogens (tertiary/aromatic N) is 3. The molecule has 0 saturated heterocycles. The van der Waals surface area contributed by atoms with E-state index in [4.69, 9.17) is 0 Å². The van der Waals surface area contributed by atoms with Crippen LogP contribution in [0.5, 0.6) is 0 Å². The summed E-state index contributed by atoms with van der Waals surface area (Å²) < 4.78 is 15.2. The van der Waals surface area contributed by atoms with Crippen molar-refractivity contribution in [1.29, 1.82) is 0 Å². The predicted molar refractivity (Wildman–Crippen MR) is 106 cm³/mol. The number of hydrogen-bond acceptors (Lipinski definition) is 4. The Labute approximate surface area is 162 Å². The van der Waals surface area contributed by atoms with Crippen molar-refractivity contribution in [2.24, 2.45) is 0 Å². The second-order valence-corrected chi connectivity index (χ2v) is 7.55. The van der Waals surface area contributed by atoms with Crippen LogP contribution in [-0.4, -0.2) is 26.1 Å². The third-order valence-corrected chi connectivity index (χ3v) is 5.61. The smallest absolute Gasteiger partial charge is 0.188 e. The van der Waals surface area contributed by atoms with Crippen LogP contribution in [0.15, 0.2) is 35.5 Å².